The summed E-state index contributed by atoms with van der Waals surface area (Å²) in [6, 6.07) is 6.51. The third-order valence-electron chi connectivity index (χ3n) is 8.12. The molecule has 2 aliphatic heterocycles. The molecule has 0 bridgehead atoms. The van der Waals surface area contributed by atoms with Gasteiger partial charge in [0.25, 0.3) is 0 Å². The Hall–Kier alpha value is -2.68. The van der Waals surface area contributed by atoms with Crippen molar-refractivity contribution in [1.29, 1.82) is 0 Å². The first-order valence-electron chi connectivity index (χ1n) is 13.5. The Bertz CT molecular complexity index is 1110. The van der Waals surface area contributed by atoms with Gasteiger partial charge in [-0.1, -0.05) is 18.6 Å². The van der Waals surface area contributed by atoms with Gasteiger partial charge < -0.3 is 10.4 Å². The maximum absolute atomic E-state index is 15.2. The van der Waals surface area contributed by atoms with Crippen molar-refractivity contribution in [3.05, 3.63) is 53.0 Å². The molecule has 1 saturated heterocycles. The van der Waals surface area contributed by atoms with E-state index in [1.54, 1.807) is 17.0 Å². The number of hydrogen-bond donors (Lipinski definition) is 2. The molecule has 1 saturated carbocycles. The highest BCUT2D eigenvalue weighted by Gasteiger charge is 2.48. The number of anilines is 1. The van der Waals surface area contributed by atoms with Gasteiger partial charge in [0.15, 0.2) is 0 Å². The van der Waals surface area contributed by atoms with Crippen molar-refractivity contribution in [2.24, 2.45) is 5.92 Å². The third-order valence-corrected chi connectivity index (χ3v) is 8.12. The second-order valence-corrected chi connectivity index (χ2v) is 10.8. The van der Waals surface area contributed by atoms with Crippen LogP contribution < -0.4 is 5.32 Å². The summed E-state index contributed by atoms with van der Waals surface area (Å²) in [5.74, 6) is -3.47. The smallest absolute Gasteiger partial charge is 0.325 e. The van der Waals surface area contributed by atoms with Gasteiger partial charge in [-0.3, -0.25) is 14.7 Å². The van der Waals surface area contributed by atoms with E-state index < -0.39 is 30.0 Å². The lowest BCUT2D eigenvalue weighted by Gasteiger charge is -2.36. The van der Waals surface area contributed by atoms with Gasteiger partial charge in [0.1, 0.15) is 18.0 Å². The van der Waals surface area contributed by atoms with E-state index in [0.717, 1.165) is 50.2 Å². The molecule has 2 aromatic heterocycles. The van der Waals surface area contributed by atoms with Gasteiger partial charge in [-0.25, -0.2) is 18.2 Å². The fourth-order valence-corrected chi connectivity index (χ4v) is 6.08. The predicted molar refractivity (Wildman–Crippen MR) is 135 cm³/mol. The SMILES string of the molecule is O=C(O)C(c1cccnc1C1CC(F)(F)C1)N1CC[C@@H](C(F)CCCCc2ccc3c(n2)NCCC3)C1. The van der Waals surface area contributed by atoms with E-state index >= 15 is 4.39 Å². The molecular formula is C28H35F3N4O2. The number of hydrogen-bond acceptors (Lipinski definition) is 5. The van der Waals surface area contributed by atoms with E-state index in [-0.39, 0.29) is 18.8 Å². The fraction of sp³-hybridized carbons (Fsp3) is 0.607. The van der Waals surface area contributed by atoms with Crippen LogP contribution in [0.2, 0.25) is 0 Å². The normalized spacial score (nSPS) is 23.1. The van der Waals surface area contributed by atoms with Crippen LogP contribution in [0.1, 0.15) is 79.4 Å². The molecule has 2 unspecified atom stereocenters. The second kappa shape index (κ2) is 11.0. The number of carbonyl (C=O) groups is 1. The van der Waals surface area contributed by atoms with E-state index in [2.05, 4.69) is 22.4 Å². The predicted octanol–water partition coefficient (Wildman–Crippen LogP) is 5.55. The molecule has 6 nitrogen and oxygen atoms in total. The molecule has 2 N–H and O–H groups in total. The van der Waals surface area contributed by atoms with Crippen molar-refractivity contribution >= 4 is 11.8 Å². The minimum atomic E-state index is -2.72. The highest BCUT2D eigenvalue weighted by Crippen LogP contribution is 2.49. The molecular weight excluding hydrogens is 481 g/mol. The first kappa shape index (κ1) is 25.9. The minimum Gasteiger partial charge on any atom is -0.480 e. The van der Waals surface area contributed by atoms with Crippen LogP contribution in [0.3, 0.4) is 0 Å². The standard InChI is InChI=1S/C28H35F3N4O2/c29-23(8-2-1-6-21-10-9-18-5-3-13-33-26(18)34-21)19-11-14-35(17-19)25(27(36)37)22-7-4-12-32-24(22)20-15-28(30,31)16-20/h4,7,9-10,12,19-20,23,25H,1-3,5-6,8,11,13-17H2,(H,33,34)(H,36,37)/t19-,23?,25?/m1/s1. The zero-order valence-corrected chi connectivity index (χ0v) is 21.0. The number of nitrogens with zero attached hydrogens (tertiary/aromatic N) is 3. The average Bonchev–Trinajstić information content (AvgIpc) is 3.35. The number of pyridine rings is 2. The van der Waals surface area contributed by atoms with E-state index in [9.17, 15) is 18.7 Å². The van der Waals surface area contributed by atoms with Crippen LogP contribution in [0.15, 0.2) is 30.5 Å². The molecule has 1 aliphatic carbocycles. The lowest BCUT2D eigenvalue weighted by molar-refractivity contribution is -0.143. The van der Waals surface area contributed by atoms with Crippen molar-refractivity contribution in [2.45, 2.75) is 81.8 Å². The van der Waals surface area contributed by atoms with Gasteiger partial charge in [-0.05, 0) is 62.8 Å². The van der Waals surface area contributed by atoms with Gasteiger partial charge in [0.2, 0.25) is 5.92 Å². The molecule has 2 fully saturated rings. The monoisotopic (exact) mass is 516 g/mol. The summed E-state index contributed by atoms with van der Waals surface area (Å²) in [5.41, 5.74) is 3.18. The van der Waals surface area contributed by atoms with Crippen LogP contribution in [0.5, 0.6) is 0 Å². The Labute approximate surface area is 215 Å². The largest absolute Gasteiger partial charge is 0.480 e. The Morgan fingerprint density at radius 3 is 2.86 bits per heavy atom. The molecule has 4 heterocycles. The van der Waals surface area contributed by atoms with Crippen LogP contribution in [-0.4, -0.2) is 57.7 Å². The quantitative estimate of drug-likeness (QED) is 0.404. The summed E-state index contributed by atoms with van der Waals surface area (Å²) < 4.78 is 42.2. The van der Waals surface area contributed by atoms with E-state index in [0.29, 0.717) is 37.2 Å². The zero-order valence-electron chi connectivity index (χ0n) is 21.0. The maximum Gasteiger partial charge on any atom is 0.325 e. The molecule has 0 aromatic carbocycles. The number of likely N-dealkylation sites (tertiary alicyclic amines) is 1. The molecule has 0 spiro atoms. The average molecular weight is 517 g/mol. The molecule has 3 atom stereocenters. The van der Waals surface area contributed by atoms with Crippen LogP contribution in [-0.2, 0) is 17.6 Å². The van der Waals surface area contributed by atoms with Crippen LogP contribution in [0.25, 0.3) is 0 Å². The highest BCUT2D eigenvalue weighted by molar-refractivity contribution is 5.76. The summed E-state index contributed by atoms with van der Waals surface area (Å²) >= 11 is 0. The Morgan fingerprint density at radius 2 is 2.08 bits per heavy atom. The number of carboxylic acids is 1. The Balaban J connectivity index is 1.14. The molecule has 3 aliphatic rings. The Kier molecular flexibility index (Phi) is 7.70. The number of halogens is 3. The number of carboxylic acid groups (broad SMARTS) is 1. The number of aliphatic carboxylic acids is 1. The van der Waals surface area contributed by atoms with E-state index in [1.165, 1.54) is 11.8 Å². The number of alkyl halides is 3. The lowest BCUT2D eigenvalue weighted by atomic mass is 9.76. The number of unbranched alkanes of at least 4 members (excludes halogenated alkanes) is 1. The third kappa shape index (κ3) is 5.92. The van der Waals surface area contributed by atoms with Crippen molar-refractivity contribution in [3.63, 3.8) is 0 Å². The summed E-state index contributed by atoms with van der Waals surface area (Å²) in [4.78, 5) is 23.1. The summed E-state index contributed by atoms with van der Waals surface area (Å²) in [5, 5.41) is 13.4. The van der Waals surface area contributed by atoms with Gasteiger partial charge in [-0.2, -0.15) is 0 Å². The van der Waals surface area contributed by atoms with Crippen molar-refractivity contribution < 1.29 is 23.1 Å². The van der Waals surface area contributed by atoms with Crippen molar-refractivity contribution in [3.8, 4) is 0 Å². The molecule has 0 amide bonds. The summed E-state index contributed by atoms with van der Waals surface area (Å²) in [6.45, 7) is 1.75. The topological polar surface area (TPSA) is 78.3 Å². The van der Waals surface area contributed by atoms with Gasteiger partial charge >= 0.3 is 5.97 Å². The van der Waals surface area contributed by atoms with Crippen LogP contribution in [0.4, 0.5) is 19.0 Å². The first-order valence-corrected chi connectivity index (χ1v) is 13.5. The minimum absolute atomic E-state index is 0.235. The maximum atomic E-state index is 15.2. The van der Waals surface area contributed by atoms with Gasteiger partial charge in [0.05, 0.1) is 0 Å². The number of rotatable bonds is 10. The van der Waals surface area contributed by atoms with Crippen LogP contribution in [0, 0.1) is 5.92 Å². The van der Waals surface area contributed by atoms with Gasteiger partial charge in [-0.15, -0.1) is 0 Å². The number of aromatic nitrogens is 2. The number of nitrogens with one attached hydrogen (secondary N) is 1. The van der Waals surface area contributed by atoms with Crippen molar-refractivity contribution in [2.75, 3.05) is 25.0 Å². The number of fused-ring (bicyclic) bond motifs is 1. The molecule has 9 heteroatoms. The Morgan fingerprint density at radius 1 is 1.24 bits per heavy atom. The number of aryl methyl sites for hydroxylation is 2. The molecule has 0 radical (unpaired) electrons. The lowest BCUT2D eigenvalue weighted by Crippen LogP contribution is -2.38. The second-order valence-electron chi connectivity index (χ2n) is 10.8. The zero-order chi connectivity index (χ0) is 26.0. The summed E-state index contributed by atoms with van der Waals surface area (Å²) in [7, 11) is 0. The molecule has 2 aromatic rings. The summed E-state index contributed by atoms with van der Waals surface area (Å²) in [6.07, 6.45) is 5.51. The van der Waals surface area contributed by atoms with Crippen molar-refractivity contribution in [1.82, 2.24) is 14.9 Å². The first-order chi connectivity index (χ1) is 17.8. The van der Waals surface area contributed by atoms with E-state index in [1.807, 2.05) is 0 Å². The van der Waals surface area contributed by atoms with Crippen LogP contribution >= 0.6 is 0 Å². The molecule has 200 valence electrons. The molecule has 5 rings (SSSR count). The molecule has 37 heavy (non-hydrogen) atoms. The van der Waals surface area contributed by atoms with E-state index in [4.69, 9.17) is 4.98 Å². The highest BCUT2D eigenvalue weighted by atomic mass is 19.3. The fourth-order valence-electron chi connectivity index (χ4n) is 6.08. The van der Waals surface area contributed by atoms with Gasteiger partial charge in [0, 0.05) is 60.9 Å².